The average Bonchev–Trinajstić information content (AvgIpc) is 3.47. The van der Waals surface area contributed by atoms with Crippen LogP contribution < -0.4 is 4.90 Å². The second-order valence-electron chi connectivity index (χ2n) is 12.0. The molecule has 1 aromatic carbocycles. The molecule has 41 heavy (non-hydrogen) atoms. The van der Waals surface area contributed by atoms with Crippen molar-refractivity contribution in [3.63, 3.8) is 0 Å². The van der Waals surface area contributed by atoms with Gasteiger partial charge in [-0.15, -0.1) is 11.3 Å². The maximum absolute atomic E-state index is 9.71. The molecule has 0 saturated heterocycles. The van der Waals surface area contributed by atoms with Crippen LogP contribution in [0.1, 0.15) is 49.9 Å². The van der Waals surface area contributed by atoms with Gasteiger partial charge in [-0.2, -0.15) is 15.8 Å². The number of hydrogen-bond donors (Lipinski definition) is 0. The summed E-state index contributed by atoms with van der Waals surface area (Å²) in [5, 5.41) is 28.4. The number of anilines is 1. The highest BCUT2D eigenvalue weighted by atomic mass is 32.1. The molecule has 8 heteroatoms. The Morgan fingerprint density at radius 3 is 2.10 bits per heavy atom. The van der Waals surface area contributed by atoms with E-state index >= 15 is 0 Å². The molecule has 0 fully saturated rings. The van der Waals surface area contributed by atoms with E-state index in [0.29, 0.717) is 5.57 Å². The van der Waals surface area contributed by atoms with Gasteiger partial charge in [0.05, 0.1) is 6.61 Å². The molecule has 1 aliphatic heterocycles. The summed E-state index contributed by atoms with van der Waals surface area (Å²) in [4.78, 5) is 4.34. The lowest BCUT2D eigenvalue weighted by Crippen LogP contribution is -2.42. The number of likely N-dealkylation sites (N-methyl/N-ethyl adjacent to an activating group) is 1. The molecule has 3 rings (SSSR count). The largest absolute Gasteiger partial charge is 0.480 e. The van der Waals surface area contributed by atoms with Crippen LogP contribution in [0.15, 0.2) is 65.0 Å². The molecule has 0 N–H and O–H groups in total. The Morgan fingerprint density at radius 1 is 0.976 bits per heavy atom. The van der Waals surface area contributed by atoms with Gasteiger partial charge in [-0.05, 0) is 74.0 Å². The molecule has 0 atom stereocenters. The third-order valence-corrected chi connectivity index (χ3v) is 13.2. The predicted molar refractivity (Wildman–Crippen MR) is 171 cm³/mol. The van der Waals surface area contributed by atoms with Gasteiger partial charge in [-0.1, -0.05) is 45.1 Å². The van der Waals surface area contributed by atoms with Crippen molar-refractivity contribution in [2.45, 2.75) is 58.4 Å². The predicted octanol–water partition coefficient (Wildman–Crippen LogP) is 8.32. The van der Waals surface area contributed by atoms with Crippen LogP contribution in [-0.4, -0.2) is 34.1 Å². The lowest BCUT2D eigenvalue weighted by molar-refractivity contribution is 0.0954. The van der Waals surface area contributed by atoms with Crippen molar-refractivity contribution < 1.29 is 9.16 Å². The van der Waals surface area contributed by atoms with Crippen molar-refractivity contribution in [3.05, 3.63) is 80.3 Å². The third-order valence-electron chi connectivity index (χ3n) is 7.60. The molecule has 0 amide bonds. The molecule has 0 bridgehead atoms. The van der Waals surface area contributed by atoms with Gasteiger partial charge >= 0.3 is 0 Å². The molecule has 1 aliphatic rings. The van der Waals surface area contributed by atoms with E-state index in [1.165, 1.54) is 0 Å². The van der Waals surface area contributed by atoms with Gasteiger partial charge in [0.1, 0.15) is 29.4 Å². The molecule has 1 aromatic heterocycles. The fraction of sp³-hybridized carbons (Fsp3) is 0.364. The van der Waals surface area contributed by atoms with Crippen molar-refractivity contribution in [1.82, 2.24) is 0 Å². The quantitative estimate of drug-likeness (QED) is 0.218. The van der Waals surface area contributed by atoms with Crippen LogP contribution >= 0.6 is 11.3 Å². The summed E-state index contributed by atoms with van der Waals surface area (Å²) in [6, 6.07) is 18.3. The van der Waals surface area contributed by atoms with Crippen LogP contribution in [0.5, 0.6) is 0 Å². The zero-order valence-corrected chi connectivity index (χ0v) is 27.0. The number of ether oxygens (including phenoxy) is 1. The van der Waals surface area contributed by atoms with E-state index in [-0.39, 0.29) is 21.9 Å². The monoisotopic (exact) mass is 582 g/mol. The van der Waals surface area contributed by atoms with Gasteiger partial charge in [0.25, 0.3) is 0 Å². The fourth-order valence-electron chi connectivity index (χ4n) is 4.00. The highest BCUT2D eigenvalue weighted by Gasteiger charge is 2.39. The van der Waals surface area contributed by atoms with Crippen LogP contribution in [-0.2, 0) is 9.16 Å². The average molecular weight is 583 g/mol. The van der Waals surface area contributed by atoms with E-state index in [4.69, 9.17) is 9.16 Å². The van der Waals surface area contributed by atoms with Crippen LogP contribution in [0.4, 0.5) is 5.69 Å². The molecule has 212 valence electrons. The number of benzene rings is 1. The van der Waals surface area contributed by atoms with E-state index in [1.807, 2.05) is 44.2 Å². The Kier molecular flexibility index (Phi) is 9.84. The first-order valence-electron chi connectivity index (χ1n) is 13.5. The molecule has 2 aromatic rings. The van der Waals surface area contributed by atoms with Gasteiger partial charge in [-0.25, -0.2) is 0 Å². The Balaban J connectivity index is 1.65. The fourth-order valence-corrected chi connectivity index (χ4v) is 5.85. The van der Waals surface area contributed by atoms with Gasteiger partial charge in [0, 0.05) is 34.6 Å². The second kappa shape index (κ2) is 12.8. The Hall–Kier alpha value is -3.87. The maximum Gasteiger partial charge on any atom is 0.192 e. The van der Waals surface area contributed by atoms with E-state index in [1.54, 1.807) is 11.3 Å². The summed E-state index contributed by atoms with van der Waals surface area (Å²) in [6.45, 7) is 16.6. The SMILES string of the molecule is CN(CCO[Si](C)(C)C(C)(C)C)c1ccc(/C=C/c2ccc(/C=C/C3=C(C#N)C(=C(C#N)C#N)OC3(C)C)s2)cc1. The Labute approximate surface area is 249 Å². The summed E-state index contributed by atoms with van der Waals surface area (Å²) in [6.07, 6.45) is 7.95. The minimum absolute atomic E-state index is 0.0497. The molecular formula is C33H38N4O2SSi. The van der Waals surface area contributed by atoms with Crippen LogP contribution in [0.2, 0.25) is 18.1 Å². The highest BCUT2D eigenvalue weighted by molar-refractivity contribution is 7.13. The van der Waals surface area contributed by atoms with Gasteiger partial charge in [-0.3, -0.25) is 0 Å². The molecule has 0 unspecified atom stereocenters. The zero-order chi connectivity index (χ0) is 30.4. The number of nitriles is 3. The lowest BCUT2D eigenvalue weighted by atomic mass is 9.94. The van der Waals surface area contributed by atoms with Crippen LogP contribution in [0.3, 0.4) is 0 Å². The smallest absolute Gasteiger partial charge is 0.192 e. The summed E-state index contributed by atoms with van der Waals surface area (Å²) >= 11 is 1.63. The maximum atomic E-state index is 9.71. The molecule has 0 radical (unpaired) electrons. The highest BCUT2D eigenvalue weighted by Crippen LogP contribution is 2.40. The minimum atomic E-state index is -1.74. The summed E-state index contributed by atoms with van der Waals surface area (Å²) in [7, 11) is 0.356. The standard InChI is InChI=1S/C33H38N4O2SSi/c1-32(2,3)41(7,8)38-20-19-37(6)26-12-9-24(10-13-26)11-14-27-15-16-28(40-27)17-18-30-29(23-36)31(25(21-34)22-35)39-33(30,4)5/h9-18H,19-20H2,1-8H3/b14-11+,18-17+. The van der Waals surface area contributed by atoms with Crippen molar-refractivity contribution >= 4 is 43.6 Å². The number of nitrogens with zero attached hydrogens (tertiary/aromatic N) is 4. The minimum Gasteiger partial charge on any atom is -0.480 e. The number of allylic oxidation sites excluding steroid dienone is 2. The van der Waals surface area contributed by atoms with Crippen LogP contribution in [0, 0.1) is 34.0 Å². The summed E-state index contributed by atoms with van der Waals surface area (Å²) in [5.41, 5.74) is 2.11. The Bertz CT molecular complexity index is 1500. The van der Waals surface area contributed by atoms with E-state index < -0.39 is 13.9 Å². The Morgan fingerprint density at radius 2 is 1.56 bits per heavy atom. The second-order valence-corrected chi connectivity index (χ2v) is 17.9. The van der Waals surface area contributed by atoms with Crippen LogP contribution in [0.25, 0.3) is 18.2 Å². The molecule has 6 nitrogen and oxygen atoms in total. The van der Waals surface area contributed by atoms with Crippen molar-refractivity contribution in [2.75, 3.05) is 25.1 Å². The topological polar surface area (TPSA) is 93.1 Å². The number of thiophene rings is 1. The first kappa shape index (κ1) is 31.7. The normalized spacial score (nSPS) is 15.1. The summed E-state index contributed by atoms with van der Waals surface area (Å²) in [5.74, 6) is 0.0497. The summed E-state index contributed by atoms with van der Waals surface area (Å²) < 4.78 is 12.2. The van der Waals surface area contributed by atoms with E-state index in [9.17, 15) is 15.8 Å². The first-order valence-corrected chi connectivity index (χ1v) is 17.2. The van der Waals surface area contributed by atoms with Crippen molar-refractivity contribution in [2.24, 2.45) is 0 Å². The third kappa shape index (κ3) is 7.66. The van der Waals surface area contributed by atoms with Gasteiger partial charge < -0.3 is 14.1 Å². The lowest BCUT2D eigenvalue weighted by Gasteiger charge is -2.36. The van der Waals surface area contributed by atoms with Gasteiger partial charge in [0.2, 0.25) is 0 Å². The molecule has 0 saturated carbocycles. The van der Waals surface area contributed by atoms with Crippen molar-refractivity contribution in [3.8, 4) is 18.2 Å². The molecule has 0 aliphatic carbocycles. The molecular weight excluding hydrogens is 545 g/mol. The van der Waals surface area contributed by atoms with Crippen molar-refractivity contribution in [1.29, 1.82) is 15.8 Å². The van der Waals surface area contributed by atoms with Gasteiger partial charge in [0.15, 0.2) is 19.6 Å². The first-order chi connectivity index (χ1) is 19.2. The zero-order valence-electron chi connectivity index (χ0n) is 25.2. The number of hydrogen-bond acceptors (Lipinski definition) is 7. The molecule has 0 spiro atoms. The number of rotatable bonds is 9. The molecule has 2 heterocycles. The van der Waals surface area contributed by atoms with E-state index in [0.717, 1.165) is 34.2 Å². The van der Waals surface area contributed by atoms with E-state index in [2.05, 4.69) is 94.4 Å².